The van der Waals surface area contributed by atoms with Crippen molar-refractivity contribution in [1.82, 2.24) is 4.90 Å². The molecule has 2 heterocycles. The minimum atomic E-state index is -0.277. The Balaban J connectivity index is 2.04. The van der Waals surface area contributed by atoms with Crippen molar-refractivity contribution in [3.05, 3.63) is 12.7 Å². The zero-order valence-corrected chi connectivity index (χ0v) is 10.0. The summed E-state index contributed by atoms with van der Waals surface area (Å²) in [5.41, 5.74) is -0.218. The molecular formula is C13H17NO3. The van der Waals surface area contributed by atoms with E-state index in [-0.39, 0.29) is 35.0 Å². The molecule has 0 spiro atoms. The maximum absolute atomic E-state index is 12.1. The Bertz CT molecular complexity index is 405. The zero-order valence-electron chi connectivity index (χ0n) is 10.0. The molecule has 2 bridgehead atoms. The van der Waals surface area contributed by atoms with Crippen LogP contribution in [0.3, 0.4) is 0 Å². The SMILES string of the molecule is C=C[C@@]12CC(=O)[C@H]3C[C@@H]1[C@H](CO3)C(=O)N(C)C2. The predicted molar refractivity (Wildman–Crippen MR) is 61.2 cm³/mol. The van der Waals surface area contributed by atoms with Gasteiger partial charge in [0.15, 0.2) is 5.78 Å². The van der Waals surface area contributed by atoms with Gasteiger partial charge in [0.05, 0.1) is 12.5 Å². The first-order chi connectivity index (χ1) is 8.07. The number of hydrogen-bond donors (Lipinski definition) is 0. The molecule has 1 saturated carbocycles. The molecule has 4 heteroatoms. The lowest BCUT2D eigenvalue weighted by Crippen LogP contribution is -2.62. The van der Waals surface area contributed by atoms with Gasteiger partial charge in [-0.25, -0.2) is 0 Å². The molecule has 17 heavy (non-hydrogen) atoms. The van der Waals surface area contributed by atoms with Gasteiger partial charge < -0.3 is 9.64 Å². The summed E-state index contributed by atoms with van der Waals surface area (Å²) in [6.45, 7) is 4.91. The molecule has 4 nitrogen and oxygen atoms in total. The fourth-order valence-electron chi connectivity index (χ4n) is 3.74. The molecule has 1 amide bonds. The first-order valence-electron chi connectivity index (χ1n) is 6.10. The number of rotatable bonds is 1. The monoisotopic (exact) mass is 235 g/mol. The molecule has 2 saturated heterocycles. The second kappa shape index (κ2) is 3.42. The summed E-state index contributed by atoms with van der Waals surface area (Å²) in [7, 11) is 1.80. The van der Waals surface area contributed by atoms with E-state index in [1.165, 1.54) is 0 Å². The van der Waals surface area contributed by atoms with E-state index in [9.17, 15) is 9.59 Å². The Morgan fingerprint density at radius 2 is 2.29 bits per heavy atom. The Morgan fingerprint density at radius 3 is 3.00 bits per heavy atom. The summed E-state index contributed by atoms with van der Waals surface area (Å²) in [4.78, 5) is 25.8. The molecule has 3 fully saturated rings. The van der Waals surface area contributed by atoms with E-state index in [1.807, 2.05) is 6.08 Å². The Kier molecular flexibility index (Phi) is 2.20. The van der Waals surface area contributed by atoms with Gasteiger partial charge in [0, 0.05) is 25.4 Å². The third kappa shape index (κ3) is 1.33. The average molecular weight is 235 g/mol. The lowest BCUT2D eigenvalue weighted by Gasteiger charge is -2.55. The molecule has 4 atom stereocenters. The van der Waals surface area contributed by atoms with E-state index in [0.29, 0.717) is 26.0 Å². The number of Topliss-reactive ketones (excluding diaryl/α,β-unsaturated/α-hetero) is 1. The molecule has 0 radical (unpaired) electrons. The van der Waals surface area contributed by atoms with Crippen molar-refractivity contribution in [2.24, 2.45) is 17.3 Å². The molecule has 3 aliphatic rings. The highest BCUT2D eigenvalue weighted by atomic mass is 16.5. The molecule has 92 valence electrons. The van der Waals surface area contributed by atoms with Crippen LogP contribution in [0.4, 0.5) is 0 Å². The first kappa shape index (κ1) is 11.0. The number of nitrogens with zero attached hydrogens (tertiary/aromatic N) is 1. The number of carbonyl (C=O) groups is 2. The average Bonchev–Trinajstić information content (AvgIpc) is 2.34. The highest BCUT2D eigenvalue weighted by molar-refractivity contribution is 5.88. The van der Waals surface area contributed by atoms with Crippen molar-refractivity contribution < 1.29 is 14.3 Å². The summed E-state index contributed by atoms with van der Waals surface area (Å²) in [6.07, 6.45) is 2.78. The van der Waals surface area contributed by atoms with Crippen molar-refractivity contribution in [1.29, 1.82) is 0 Å². The van der Waals surface area contributed by atoms with Crippen LogP contribution < -0.4 is 0 Å². The Morgan fingerprint density at radius 1 is 1.53 bits per heavy atom. The van der Waals surface area contributed by atoms with Crippen molar-refractivity contribution in [3.63, 3.8) is 0 Å². The molecule has 0 aromatic heterocycles. The number of ether oxygens (including phenoxy) is 1. The number of carbonyl (C=O) groups excluding carboxylic acids is 2. The highest BCUT2D eigenvalue weighted by Gasteiger charge is 2.57. The van der Waals surface area contributed by atoms with Crippen LogP contribution >= 0.6 is 0 Å². The van der Waals surface area contributed by atoms with Crippen molar-refractivity contribution in [3.8, 4) is 0 Å². The van der Waals surface area contributed by atoms with Gasteiger partial charge in [-0.2, -0.15) is 0 Å². The van der Waals surface area contributed by atoms with Crippen molar-refractivity contribution in [2.75, 3.05) is 20.2 Å². The third-order valence-electron chi connectivity index (χ3n) is 4.66. The number of amides is 1. The number of hydrogen-bond acceptors (Lipinski definition) is 3. The highest BCUT2D eigenvalue weighted by Crippen LogP contribution is 2.51. The Hall–Kier alpha value is -1.16. The van der Waals surface area contributed by atoms with Crippen LogP contribution in [-0.4, -0.2) is 42.9 Å². The second-order valence-electron chi connectivity index (χ2n) is 5.55. The van der Waals surface area contributed by atoms with Gasteiger partial charge in [-0.1, -0.05) is 6.08 Å². The molecule has 0 unspecified atom stereocenters. The lowest BCUT2D eigenvalue weighted by molar-refractivity contribution is -0.179. The van der Waals surface area contributed by atoms with Gasteiger partial charge in [0.2, 0.25) is 5.91 Å². The number of ketones is 1. The molecule has 2 aliphatic heterocycles. The smallest absolute Gasteiger partial charge is 0.228 e. The molecule has 0 aromatic rings. The molecule has 1 aliphatic carbocycles. The topological polar surface area (TPSA) is 46.6 Å². The summed E-state index contributed by atoms with van der Waals surface area (Å²) in [6, 6.07) is 0. The van der Waals surface area contributed by atoms with E-state index in [1.54, 1.807) is 11.9 Å². The van der Waals surface area contributed by atoms with E-state index in [4.69, 9.17) is 4.74 Å². The van der Waals surface area contributed by atoms with Gasteiger partial charge >= 0.3 is 0 Å². The van der Waals surface area contributed by atoms with Gasteiger partial charge in [-0.05, 0) is 12.3 Å². The molecule has 0 aromatic carbocycles. The van der Waals surface area contributed by atoms with Gasteiger partial charge in [-0.3, -0.25) is 9.59 Å². The van der Waals surface area contributed by atoms with E-state index in [2.05, 4.69) is 6.58 Å². The van der Waals surface area contributed by atoms with Crippen LogP contribution in [0.25, 0.3) is 0 Å². The number of fused-ring (bicyclic) bond motifs is 1. The van der Waals surface area contributed by atoms with Crippen LogP contribution in [-0.2, 0) is 14.3 Å². The van der Waals surface area contributed by atoms with E-state index in [0.717, 1.165) is 0 Å². The summed E-state index contributed by atoms with van der Waals surface area (Å²) < 4.78 is 5.52. The summed E-state index contributed by atoms with van der Waals surface area (Å²) in [5.74, 6) is 0.471. The minimum Gasteiger partial charge on any atom is -0.370 e. The first-order valence-corrected chi connectivity index (χ1v) is 6.10. The summed E-state index contributed by atoms with van der Waals surface area (Å²) in [5, 5.41) is 0. The van der Waals surface area contributed by atoms with E-state index < -0.39 is 0 Å². The predicted octanol–water partition coefficient (Wildman–Crippen LogP) is 0.625. The lowest BCUT2D eigenvalue weighted by atomic mass is 9.57. The second-order valence-corrected chi connectivity index (χ2v) is 5.55. The van der Waals surface area contributed by atoms with E-state index >= 15 is 0 Å². The Labute approximate surface area is 101 Å². The third-order valence-corrected chi connectivity index (χ3v) is 4.66. The number of piperidine rings is 1. The minimum absolute atomic E-state index is 0.0869. The maximum atomic E-state index is 12.1. The summed E-state index contributed by atoms with van der Waals surface area (Å²) >= 11 is 0. The van der Waals surface area contributed by atoms with Crippen LogP contribution in [0.15, 0.2) is 12.7 Å². The fraction of sp³-hybridized carbons (Fsp3) is 0.692. The fourth-order valence-corrected chi connectivity index (χ4v) is 3.74. The standard InChI is InChI=1S/C13H17NO3/c1-3-13-5-10(15)11-4-9(13)8(6-17-11)12(16)14(2)7-13/h3,8-9,11H,1,4-7H2,2H3/t8-,9+,11+,13-/m0/s1. The normalized spacial score (nSPS) is 44.8. The van der Waals surface area contributed by atoms with Gasteiger partial charge in [0.25, 0.3) is 0 Å². The van der Waals surface area contributed by atoms with Crippen LogP contribution in [0.2, 0.25) is 0 Å². The van der Waals surface area contributed by atoms with Gasteiger partial charge in [-0.15, -0.1) is 6.58 Å². The number of likely N-dealkylation sites (tertiary alicyclic amines) is 1. The van der Waals surface area contributed by atoms with Crippen LogP contribution in [0, 0.1) is 17.3 Å². The van der Waals surface area contributed by atoms with Crippen molar-refractivity contribution >= 4 is 11.7 Å². The molecule has 3 rings (SSSR count). The quantitative estimate of drug-likeness (QED) is 0.626. The van der Waals surface area contributed by atoms with Crippen LogP contribution in [0.1, 0.15) is 12.8 Å². The van der Waals surface area contributed by atoms with Gasteiger partial charge in [0.1, 0.15) is 6.10 Å². The zero-order chi connectivity index (χ0) is 12.2. The van der Waals surface area contributed by atoms with Crippen molar-refractivity contribution in [2.45, 2.75) is 18.9 Å². The largest absolute Gasteiger partial charge is 0.370 e. The maximum Gasteiger partial charge on any atom is 0.228 e. The van der Waals surface area contributed by atoms with Crippen LogP contribution in [0.5, 0.6) is 0 Å². The molecule has 0 N–H and O–H groups in total. The molecular weight excluding hydrogens is 218 g/mol.